The van der Waals surface area contributed by atoms with Crippen molar-refractivity contribution >= 4 is 11.6 Å². The first-order chi connectivity index (χ1) is 11.6. The molecule has 0 saturated carbocycles. The van der Waals surface area contributed by atoms with Gasteiger partial charge in [0.2, 0.25) is 0 Å². The molecule has 0 radical (unpaired) electrons. The van der Waals surface area contributed by atoms with E-state index in [-0.39, 0.29) is 0 Å². The molecule has 1 aromatic carbocycles. The summed E-state index contributed by atoms with van der Waals surface area (Å²) in [6.45, 7) is 8.58. The second kappa shape index (κ2) is 5.89. The van der Waals surface area contributed by atoms with E-state index in [2.05, 4.69) is 46.9 Å². The summed E-state index contributed by atoms with van der Waals surface area (Å²) in [5.41, 5.74) is 3.23. The Morgan fingerprint density at radius 2 is 1.79 bits per heavy atom. The molecule has 1 saturated heterocycles. The number of hydrogen-bond donors (Lipinski definition) is 0. The fraction of sp³-hybridized carbons (Fsp3) is 0.421. The van der Waals surface area contributed by atoms with Crippen LogP contribution in [0.3, 0.4) is 0 Å². The Hall–Kier alpha value is -2.43. The molecule has 1 aliphatic rings. The summed E-state index contributed by atoms with van der Waals surface area (Å²) in [5.74, 6) is 3.34. The fourth-order valence-corrected chi connectivity index (χ4v) is 3.37. The number of anilines is 1. The molecule has 0 N–H and O–H groups in total. The van der Waals surface area contributed by atoms with E-state index in [4.69, 9.17) is 5.10 Å². The second-order valence-corrected chi connectivity index (χ2v) is 6.89. The molecule has 0 amide bonds. The number of nitrogens with zero attached hydrogens (tertiary/aromatic N) is 5. The van der Waals surface area contributed by atoms with Crippen molar-refractivity contribution < 1.29 is 0 Å². The van der Waals surface area contributed by atoms with Crippen LogP contribution >= 0.6 is 0 Å². The number of aromatic nitrogens is 4. The standard InChI is InChI=1S/C19H23N5/c1-13-8-10-23(11-9-13)17-12-15(3)20-19-21-18(22-24(17)19)16-7-5-4-6-14(16)2/h4-7,12-13H,8-11H2,1-3H3. The van der Waals surface area contributed by atoms with E-state index in [0.717, 1.165) is 41.9 Å². The van der Waals surface area contributed by atoms with Crippen LogP contribution in [-0.4, -0.2) is 32.7 Å². The van der Waals surface area contributed by atoms with E-state index < -0.39 is 0 Å². The molecule has 0 atom stereocenters. The first-order valence-corrected chi connectivity index (χ1v) is 8.67. The van der Waals surface area contributed by atoms with Crippen molar-refractivity contribution in [1.29, 1.82) is 0 Å². The highest BCUT2D eigenvalue weighted by Gasteiger charge is 2.20. The third-order valence-electron chi connectivity index (χ3n) is 4.92. The van der Waals surface area contributed by atoms with E-state index in [9.17, 15) is 0 Å². The summed E-state index contributed by atoms with van der Waals surface area (Å²) in [4.78, 5) is 11.7. The zero-order valence-corrected chi connectivity index (χ0v) is 14.5. The maximum Gasteiger partial charge on any atom is 0.254 e. The molecule has 3 aromatic rings. The largest absolute Gasteiger partial charge is 0.356 e. The van der Waals surface area contributed by atoms with Crippen LogP contribution in [0.1, 0.15) is 31.0 Å². The van der Waals surface area contributed by atoms with Crippen molar-refractivity contribution in [1.82, 2.24) is 19.6 Å². The van der Waals surface area contributed by atoms with Crippen molar-refractivity contribution in [3.8, 4) is 11.4 Å². The third kappa shape index (κ3) is 2.64. The third-order valence-corrected chi connectivity index (χ3v) is 4.92. The minimum atomic E-state index is 0.682. The average molecular weight is 321 g/mol. The highest BCUT2D eigenvalue weighted by molar-refractivity contribution is 5.62. The van der Waals surface area contributed by atoms with E-state index in [1.165, 1.54) is 18.4 Å². The number of piperidine rings is 1. The van der Waals surface area contributed by atoms with Gasteiger partial charge in [0.05, 0.1) is 0 Å². The Kier molecular flexibility index (Phi) is 3.71. The van der Waals surface area contributed by atoms with Crippen molar-refractivity contribution in [3.63, 3.8) is 0 Å². The maximum absolute atomic E-state index is 4.78. The first kappa shape index (κ1) is 15.1. The van der Waals surface area contributed by atoms with Gasteiger partial charge < -0.3 is 4.90 Å². The summed E-state index contributed by atoms with van der Waals surface area (Å²) in [7, 11) is 0. The molecule has 24 heavy (non-hydrogen) atoms. The first-order valence-electron chi connectivity index (χ1n) is 8.67. The van der Waals surface area contributed by atoms with Gasteiger partial charge in [-0.25, -0.2) is 4.98 Å². The summed E-state index contributed by atoms with van der Waals surface area (Å²) >= 11 is 0. The molecule has 3 heterocycles. The Morgan fingerprint density at radius 3 is 2.54 bits per heavy atom. The van der Waals surface area contributed by atoms with Gasteiger partial charge in [0.15, 0.2) is 5.82 Å². The average Bonchev–Trinajstić information content (AvgIpc) is 2.99. The van der Waals surface area contributed by atoms with Crippen LogP contribution in [-0.2, 0) is 0 Å². The normalized spacial score (nSPS) is 16.0. The Balaban J connectivity index is 1.82. The van der Waals surface area contributed by atoms with Crippen LogP contribution in [0.15, 0.2) is 30.3 Å². The van der Waals surface area contributed by atoms with Gasteiger partial charge in [-0.05, 0) is 38.2 Å². The minimum absolute atomic E-state index is 0.682. The summed E-state index contributed by atoms with van der Waals surface area (Å²) in [6.07, 6.45) is 2.45. The van der Waals surface area contributed by atoms with Gasteiger partial charge in [-0.2, -0.15) is 9.50 Å². The van der Waals surface area contributed by atoms with Crippen molar-refractivity contribution in [3.05, 3.63) is 41.6 Å². The highest BCUT2D eigenvalue weighted by Crippen LogP contribution is 2.26. The van der Waals surface area contributed by atoms with E-state index in [1.807, 2.05) is 23.6 Å². The molecule has 124 valence electrons. The van der Waals surface area contributed by atoms with Gasteiger partial charge in [-0.1, -0.05) is 31.2 Å². The quantitative estimate of drug-likeness (QED) is 0.723. The minimum Gasteiger partial charge on any atom is -0.356 e. The molecule has 2 aromatic heterocycles. The van der Waals surface area contributed by atoms with Crippen LogP contribution in [0.4, 0.5) is 5.82 Å². The van der Waals surface area contributed by atoms with Crippen LogP contribution in [0.2, 0.25) is 0 Å². The fourth-order valence-electron chi connectivity index (χ4n) is 3.37. The molecule has 0 spiro atoms. The Morgan fingerprint density at radius 1 is 1.04 bits per heavy atom. The van der Waals surface area contributed by atoms with Gasteiger partial charge in [0.1, 0.15) is 5.82 Å². The number of fused-ring (bicyclic) bond motifs is 1. The lowest BCUT2D eigenvalue weighted by atomic mass is 9.99. The molecule has 0 aliphatic carbocycles. The topological polar surface area (TPSA) is 46.3 Å². The second-order valence-electron chi connectivity index (χ2n) is 6.89. The Labute approximate surface area is 142 Å². The molecule has 5 heteroatoms. The van der Waals surface area contributed by atoms with Gasteiger partial charge in [0.25, 0.3) is 5.78 Å². The zero-order chi connectivity index (χ0) is 16.7. The van der Waals surface area contributed by atoms with Crippen LogP contribution in [0, 0.1) is 19.8 Å². The van der Waals surface area contributed by atoms with Gasteiger partial charge in [-0.15, -0.1) is 5.10 Å². The predicted molar refractivity (Wildman–Crippen MR) is 96.3 cm³/mol. The smallest absolute Gasteiger partial charge is 0.254 e. The number of rotatable bonds is 2. The molecule has 5 nitrogen and oxygen atoms in total. The molecular weight excluding hydrogens is 298 g/mol. The van der Waals surface area contributed by atoms with Gasteiger partial charge in [0, 0.05) is 30.4 Å². The van der Waals surface area contributed by atoms with Gasteiger partial charge >= 0.3 is 0 Å². The molecule has 1 aliphatic heterocycles. The molecule has 0 bridgehead atoms. The zero-order valence-electron chi connectivity index (χ0n) is 14.5. The lowest BCUT2D eigenvalue weighted by molar-refractivity contribution is 0.435. The highest BCUT2D eigenvalue weighted by atomic mass is 15.4. The van der Waals surface area contributed by atoms with Crippen LogP contribution in [0.25, 0.3) is 17.2 Å². The molecular formula is C19H23N5. The molecule has 4 rings (SSSR count). The van der Waals surface area contributed by atoms with Crippen molar-refractivity contribution in [2.45, 2.75) is 33.6 Å². The van der Waals surface area contributed by atoms with E-state index in [1.54, 1.807) is 0 Å². The van der Waals surface area contributed by atoms with Crippen molar-refractivity contribution in [2.24, 2.45) is 5.92 Å². The Bertz CT molecular complexity index is 875. The lowest BCUT2D eigenvalue weighted by Crippen LogP contribution is -2.34. The van der Waals surface area contributed by atoms with Crippen molar-refractivity contribution in [2.75, 3.05) is 18.0 Å². The van der Waals surface area contributed by atoms with E-state index in [0.29, 0.717) is 5.78 Å². The summed E-state index contributed by atoms with van der Waals surface area (Å²) in [6, 6.07) is 10.3. The molecule has 0 unspecified atom stereocenters. The summed E-state index contributed by atoms with van der Waals surface area (Å²) < 4.78 is 1.91. The molecule has 1 fully saturated rings. The SMILES string of the molecule is Cc1cc(N2CCC(C)CC2)n2nc(-c3ccccc3C)nc2n1. The van der Waals surface area contributed by atoms with E-state index >= 15 is 0 Å². The number of benzene rings is 1. The monoisotopic (exact) mass is 321 g/mol. The number of hydrogen-bond acceptors (Lipinski definition) is 4. The van der Waals surface area contributed by atoms with Crippen LogP contribution < -0.4 is 4.90 Å². The number of aryl methyl sites for hydroxylation is 2. The van der Waals surface area contributed by atoms with Crippen LogP contribution in [0.5, 0.6) is 0 Å². The predicted octanol–water partition coefficient (Wildman–Crippen LogP) is 3.64. The lowest BCUT2D eigenvalue weighted by Gasteiger charge is -2.31. The maximum atomic E-state index is 4.78. The summed E-state index contributed by atoms with van der Waals surface area (Å²) in [5, 5.41) is 4.78. The van der Waals surface area contributed by atoms with Gasteiger partial charge in [-0.3, -0.25) is 0 Å².